The molecule has 1 saturated heterocycles. The summed E-state index contributed by atoms with van der Waals surface area (Å²) in [4.78, 5) is 14.4. The van der Waals surface area contributed by atoms with Gasteiger partial charge in [0.15, 0.2) is 0 Å². The number of benzene rings is 1. The largest absolute Gasteiger partial charge is 0.360 e. The summed E-state index contributed by atoms with van der Waals surface area (Å²) in [5.74, 6) is 0.751. The Bertz CT molecular complexity index is 556. The second-order valence-corrected chi connectivity index (χ2v) is 7.18. The van der Waals surface area contributed by atoms with Crippen LogP contribution in [0, 0.1) is 16.0 Å². The summed E-state index contributed by atoms with van der Waals surface area (Å²) >= 11 is 0. The summed E-state index contributed by atoms with van der Waals surface area (Å²) < 4.78 is 0. The minimum absolute atomic E-state index is 0.160. The van der Waals surface area contributed by atoms with Gasteiger partial charge in [-0.2, -0.15) is 0 Å². The number of nitrogens with zero attached hydrogens (tertiary/aromatic N) is 2. The number of nitrogens with one attached hydrogen (secondary N) is 1. The highest BCUT2D eigenvalue weighted by Crippen LogP contribution is 2.19. The zero-order valence-corrected chi connectivity index (χ0v) is 15.1. The number of hydrogen-bond acceptors (Lipinski definition) is 3. The Kier molecular flexibility index (Phi) is 6.79. The van der Waals surface area contributed by atoms with E-state index in [1.54, 1.807) is 17.0 Å². The van der Waals surface area contributed by atoms with Crippen molar-refractivity contribution in [2.45, 2.75) is 33.6 Å². The molecule has 132 valence electrons. The molecule has 1 fully saturated rings. The van der Waals surface area contributed by atoms with Gasteiger partial charge in [0.25, 0.3) is 5.69 Å². The molecule has 1 heterocycles. The maximum absolute atomic E-state index is 10.7. The van der Waals surface area contributed by atoms with E-state index in [0.717, 1.165) is 37.8 Å². The Morgan fingerprint density at radius 3 is 2.46 bits per heavy atom. The Labute approximate surface area is 145 Å². The topological polar surface area (TPSA) is 50.8 Å². The van der Waals surface area contributed by atoms with E-state index in [9.17, 15) is 10.1 Å². The van der Waals surface area contributed by atoms with E-state index in [2.05, 4.69) is 31.7 Å². The van der Waals surface area contributed by atoms with Gasteiger partial charge in [-0.3, -0.25) is 10.1 Å². The van der Waals surface area contributed by atoms with Crippen molar-refractivity contribution in [1.29, 1.82) is 0 Å². The van der Waals surface area contributed by atoms with Crippen molar-refractivity contribution < 1.29 is 9.82 Å². The van der Waals surface area contributed by atoms with Crippen molar-refractivity contribution in [2.24, 2.45) is 5.92 Å². The van der Waals surface area contributed by atoms with Crippen LogP contribution in [-0.2, 0) is 0 Å². The first-order valence-electron chi connectivity index (χ1n) is 8.92. The minimum atomic E-state index is -0.345. The molecule has 5 nitrogen and oxygen atoms in total. The van der Waals surface area contributed by atoms with Crippen LogP contribution in [0.2, 0.25) is 0 Å². The number of quaternary nitrogens is 1. The first-order chi connectivity index (χ1) is 11.5. The molecule has 0 aliphatic carbocycles. The summed E-state index contributed by atoms with van der Waals surface area (Å²) in [5, 5.41) is 10.7. The van der Waals surface area contributed by atoms with Crippen molar-refractivity contribution in [2.75, 3.05) is 37.6 Å². The summed E-state index contributed by atoms with van der Waals surface area (Å²) in [6.45, 7) is 12.2. The van der Waals surface area contributed by atoms with Gasteiger partial charge >= 0.3 is 0 Å². The third-order valence-corrected chi connectivity index (χ3v) is 4.75. The molecule has 0 amide bonds. The molecule has 0 radical (unpaired) electrons. The van der Waals surface area contributed by atoms with Crippen LogP contribution < -0.4 is 9.80 Å². The van der Waals surface area contributed by atoms with E-state index in [0.29, 0.717) is 0 Å². The van der Waals surface area contributed by atoms with Crippen LogP contribution in [0.4, 0.5) is 11.4 Å². The summed E-state index contributed by atoms with van der Waals surface area (Å²) in [7, 11) is 0. The molecule has 1 aromatic rings. The fourth-order valence-electron chi connectivity index (χ4n) is 3.32. The molecular formula is C19H30N3O2+. The van der Waals surface area contributed by atoms with E-state index in [-0.39, 0.29) is 10.6 Å². The van der Waals surface area contributed by atoms with Gasteiger partial charge in [0.05, 0.1) is 37.6 Å². The van der Waals surface area contributed by atoms with Gasteiger partial charge in [-0.25, -0.2) is 0 Å². The molecule has 1 aliphatic rings. The quantitative estimate of drug-likeness (QED) is 0.474. The maximum atomic E-state index is 10.7. The molecule has 1 atom stereocenters. The number of nitro groups is 1. The Balaban J connectivity index is 1.76. The van der Waals surface area contributed by atoms with Crippen molar-refractivity contribution >= 4 is 11.4 Å². The molecule has 0 spiro atoms. The predicted octanol–water partition coefficient (Wildman–Crippen LogP) is 2.68. The summed E-state index contributed by atoms with van der Waals surface area (Å²) in [6.07, 6.45) is 4.78. The molecule has 2 rings (SSSR count). The van der Waals surface area contributed by atoms with Crippen LogP contribution >= 0.6 is 0 Å². The van der Waals surface area contributed by atoms with Gasteiger partial charge in [-0.05, 0) is 38.8 Å². The number of rotatable bonds is 7. The van der Waals surface area contributed by atoms with Gasteiger partial charge in [-0.1, -0.05) is 18.6 Å². The second-order valence-electron chi connectivity index (χ2n) is 7.18. The number of piperazine rings is 1. The molecule has 0 unspecified atom stereocenters. The van der Waals surface area contributed by atoms with Gasteiger partial charge < -0.3 is 9.80 Å². The van der Waals surface area contributed by atoms with Crippen LogP contribution in [0.1, 0.15) is 33.6 Å². The number of hydrogen-bond donors (Lipinski definition) is 1. The molecule has 24 heavy (non-hydrogen) atoms. The lowest BCUT2D eigenvalue weighted by molar-refractivity contribution is -0.903. The van der Waals surface area contributed by atoms with Crippen LogP contribution in [0.25, 0.3) is 0 Å². The zero-order valence-electron chi connectivity index (χ0n) is 15.1. The highest BCUT2D eigenvalue weighted by Gasteiger charge is 2.22. The average molecular weight is 332 g/mol. The molecule has 5 heteroatoms. The number of anilines is 1. The van der Waals surface area contributed by atoms with E-state index in [1.165, 1.54) is 25.0 Å². The molecule has 1 aliphatic heterocycles. The average Bonchev–Trinajstić information content (AvgIpc) is 2.55. The van der Waals surface area contributed by atoms with E-state index >= 15 is 0 Å². The Hall–Kier alpha value is -1.88. The van der Waals surface area contributed by atoms with Crippen molar-refractivity contribution in [3.8, 4) is 0 Å². The number of nitro benzene ring substituents is 1. The summed E-state index contributed by atoms with van der Waals surface area (Å²) in [5.41, 5.74) is 2.66. The van der Waals surface area contributed by atoms with E-state index in [1.807, 2.05) is 12.1 Å². The van der Waals surface area contributed by atoms with Crippen LogP contribution in [-0.4, -0.2) is 37.6 Å². The van der Waals surface area contributed by atoms with Crippen molar-refractivity contribution in [1.82, 2.24) is 0 Å². The van der Waals surface area contributed by atoms with Gasteiger partial charge in [0.2, 0.25) is 0 Å². The maximum Gasteiger partial charge on any atom is 0.269 e. The smallest absolute Gasteiger partial charge is 0.269 e. The highest BCUT2D eigenvalue weighted by atomic mass is 16.6. The van der Waals surface area contributed by atoms with Crippen LogP contribution in [0.3, 0.4) is 0 Å². The first kappa shape index (κ1) is 18.5. The van der Waals surface area contributed by atoms with Gasteiger partial charge in [-0.15, -0.1) is 0 Å². The predicted molar refractivity (Wildman–Crippen MR) is 98.7 cm³/mol. The fraction of sp³-hybridized carbons (Fsp3) is 0.579. The monoisotopic (exact) mass is 332 g/mol. The van der Waals surface area contributed by atoms with Crippen molar-refractivity contribution in [3.05, 3.63) is 46.0 Å². The Morgan fingerprint density at radius 2 is 1.92 bits per heavy atom. The van der Waals surface area contributed by atoms with E-state index < -0.39 is 0 Å². The summed E-state index contributed by atoms with van der Waals surface area (Å²) in [6, 6.07) is 6.93. The van der Waals surface area contributed by atoms with Gasteiger partial charge in [0.1, 0.15) is 0 Å². The van der Waals surface area contributed by atoms with Crippen molar-refractivity contribution in [3.63, 3.8) is 0 Å². The highest BCUT2D eigenvalue weighted by molar-refractivity contribution is 5.50. The van der Waals surface area contributed by atoms with Crippen LogP contribution in [0.5, 0.6) is 0 Å². The minimum Gasteiger partial charge on any atom is -0.360 e. The van der Waals surface area contributed by atoms with E-state index in [4.69, 9.17) is 0 Å². The zero-order chi connectivity index (χ0) is 17.5. The molecule has 1 N–H and O–H groups in total. The molecule has 0 bridgehead atoms. The molecule has 0 aromatic heterocycles. The molecule has 1 aromatic carbocycles. The third-order valence-electron chi connectivity index (χ3n) is 4.75. The lowest BCUT2D eigenvalue weighted by Gasteiger charge is -2.34. The third kappa shape index (κ3) is 5.64. The molecule has 0 saturated carbocycles. The number of allylic oxidation sites excluding steroid dienone is 2. The second kappa shape index (κ2) is 8.83. The van der Waals surface area contributed by atoms with Gasteiger partial charge in [0, 0.05) is 23.7 Å². The lowest BCUT2D eigenvalue weighted by Crippen LogP contribution is -3.15. The number of non-ortho nitro benzene ring substituents is 1. The SMILES string of the molecule is CC(C)=CCC[C@H](C)C[NH+]1CCN(c2ccc([N+](=O)[O-])cc2)CC1. The standard InChI is InChI=1S/C19H29N3O2/c1-16(2)5-4-6-17(3)15-20-11-13-21(14-12-20)18-7-9-19(10-8-18)22(23)24/h5,7-10,17H,4,6,11-15H2,1-3H3/p+1/t17-/m0/s1. The normalized spacial score (nSPS) is 16.7. The Morgan fingerprint density at radius 1 is 1.29 bits per heavy atom. The molecular weight excluding hydrogens is 302 g/mol. The first-order valence-corrected chi connectivity index (χ1v) is 8.92. The lowest BCUT2D eigenvalue weighted by atomic mass is 10.0. The van der Waals surface area contributed by atoms with Crippen LogP contribution in [0.15, 0.2) is 35.9 Å². The fourth-order valence-corrected chi connectivity index (χ4v) is 3.32.